The van der Waals surface area contributed by atoms with E-state index in [-0.39, 0.29) is 5.91 Å². The van der Waals surface area contributed by atoms with E-state index in [4.69, 9.17) is 0 Å². The lowest BCUT2D eigenvalue weighted by Crippen LogP contribution is -2.26. The number of nitrogens with zero attached hydrogens (tertiary/aromatic N) is 2. The maximum atomic E-state index is 12.6. The van der Waals surface area contributed by atoms with E-state index >= 15 is 0 Å². The van der Waals surface area contributed by atoms with Gasteiger partial charge in [0.1, 0.15) is 5.82 Å². The number of aromatic nitrogens is 1. The fraction of sp³-hybridized carbons (Fsp3) is 0.100. The molecule has 0 unspecified atom stereocenters. The number of rotatable bonds is 4. The summed E-state index contributed by atoms with van der Waals surface area (Å²) in [4.78, 5) is 18.5. The number of carbonyl (C=O) groups excluding carboxylic acids is 1. The Kier molecular flexibility index (Phi) is 5.14. The van der Waals surface area contributed by atoms with Crippen LogP contribution in [0.1, 0.15) is 15.9 Å². The molecule has 0 fully saturated rings. The SMILES string of the molecule is Cc1cc(Br)ccc1Nc1ccc(C(=O)N(C)c2ccccc2)cn1. The van der Waals surface area contributed by atoms with E-state index in [0.29, 0.717) is 11.4 Å². The molecular formula is C20H18BrN3O. The van der Waals surface area contributed by atoms with Crippen molar-refractivity contribution in [2.75, 3.05) is 17.3 Å². The van der Waals surface area contributed by atoms with Crippen LogP contribution in [0.4, 0.5) is 17.2 Å². The van der Waals surface area contributed by atoms with Gasteiger partial charge in [0, 0.05) is 29.1 Å². The van der Waals surface area contributed by atoms with Crippen LogP contribution in [0.25, 0.3) is 0 Å². The van der Waals surface area contributed by atoms with Gasteiger partial charge in [0.15, 0.2) is 0 Å². The molecule has 4 nitrogen and oxygen atoms in total. The van der Waals surface area contributed by atoms with Crippen LogP contribution in [-0.2, 0) is 0 Å². The summed E-state index contributed by atoms with van der Waals surface area (Å²) in [5.74, 6) is 0.606. The minimum absolute atomic E-state index is 0.0925. The molecule has 0 saturated carbocycles. The van der Waals surface area contributed by atoms with Crippen molar-refractivity contribution in [2.24, 2.45) is 0 Å². The van der Waals surface area contributed by atoms with E-state index in [2.05, 4.69) is 26.2 Å². The standard InChI is InChI=1S/C20H18BrN3O/c1-14-12-16(21)9-10-18(14)23-19-11-8-15(13-22-19)20(25)24(2)17-6-4-3-5-7-17/h3-13H,1-2H3,(H,22,23). The van der Waals surface area contributed by atoms with Crippen LogP contribution in [0.2, 0.25) is 0 Å². The predicted molar refractivity (Wildman–Crippen MR) is 106 cm³/mol. The molecule has 1 aromatic heterocycles. The number of nitrogens with one attached hydrogen (secondary N) is 1. The fourth-order valence-corrected chi connectivity index (χ4v) is 2.94. The van der Waals surface area contributed by atoms with Crippen molar-refractivity contribution in [1.29, 1.82) is 0 Å². The molecule has 0 spiro atoms. The third-order valence-electron chi connectivity index (χ3n) is 3.91. The van der Waals surface area contributed by atoms with Crippen molar-refractivity contribution < 1.29 is 4.79 Å². The summed E-state index contributed by atoms with van der Waals surface area (Å²) in [5.41, 5.74) is 3.49. The Morgan fingerprint density at radius 2 is 1.84 bits per heavy atom. The molecule has 0 saturated heterocycles. The third kappa shape index (κ3) is 4.06. The molecule has 0 aliphatic heterocycles. The average Bonchev–Trinajstić information content (AvgIpc) is 2.64. The van der Waals surface area contributed by atoms with Gasteiger partial charge in [-0.3, -0.25) is 4.79 Å². The van der Waals surface area contributed by atoms with Crippen molar-refractivity contribution in [3.8, 4) is 0 Å². The van der Waals surface area contributed by atoms with E-state index in [1.807, 2.05) is 61.5 Å². The van der Waals surface area contributed by atoms with E-state index in [1.54, 1.807) is 24.2 Å². The van der Waals surface area contributed by atoms with Crippen molar-refractivity contribution in [1.82, 2.24) is 4.98 Å². The summed E-state index contributed by atoms with van der Waals surface area (Å²) in [6.45, 7) is 2.03. The zero-order valence-corrected chi connectivity index (χ0v) is 15.6. The monoisotopic (exact) mass is 395 g/mol. The molecule has 5 heteroatoms. The number of pyridine rings is 1. The highest BCUT2D eigenvalue weighted by molar-refractivity contribution is 9.10. The predicted octanol–water partition coefficient (Wildman–Crippen LogP) is 5.17. The zero-order valence-electron chi connectivity index (χ0n) is 14.0. The maximum Gasteiger partial charge on any atom is 0.259 e. The van der Waals surface area contributed by atoms with Crippen molar-refractivity contribution >= 4 is 39.0 Å². The highest BCUT2D eigenvalue weighted by atomic mass is 79.9. The first-order valence-corrected chi connectivity index (χ1v) is 8.66. The molecule has 0 atom stereocenters. The fourth-order valence-electron chi connectivity index (χ4n) is 2.46. The number of hydrogen-bond donors (Lipinski definition) is 1. The van der Waals surface area contributed by atoms with Crippen LogP contribution in [-0.4, -0.2) is 17.9 Å². The number of halogens is 1. The van der Waals surface area contributed by atoms with Gasteiger partial charge in [-0.2, -0.15) is 0 Å². The topological polar surface area (TPSA) is 45.2 Å². The van der Waals surface area contributed by atoms with Gasteiger partial charge in [0.05, 0.1) is 5.56 Å². The van der Waals surface area contributed by atoms with Crippen molar-refractivity contribution in [3.63, 3.8) is 0 Å². The second kappa shape index (κ2) is 7.49. The van der Waals surface area contributed by atoms with Gasteiger partial charge in [-0.1, -0.05) is 34.1 Å². The summed E-state index contributed by atoms with van der Waals surface area (Å²) in [5, 5.41) is 3.27. The molecule has 1 heterocycles. The number of benzene rings is 2. The van der Waals surface area contributed by atoms with E-state index < -0.39 is 0 Å². The Morgan fingerprint density at radius 3 is 2.48 bits per heavy atom. The van der Waals surface area contributed by atoms with E-state index in [0.717, 1.165) is 21.4 Å². The van der Waals surface area contributed by atoms with Crippen LogP contribution in [0.15, 0.2) is 71.3 Å². The van der Waals surface area contributed by atoms with Gasteiger partial charge in [0.25, 0.3) is 5.91 Å². The summed E-state index contributed by atoms with van der Waals surface area (Å²) in [7, 11) is 1.76. The number of hydrogen-bond acceptors (Lipinski definition) is 3. The lowest BCUT2D eigenvalue weighted by molar-refractivity contribution is 0.0992. The summed E-state index contributed by atoms with van der Waals surface area (Å²) in [6, 6.07) is 19.1. The van der Waals surface area contributed by atoms with Gasteiger partial charge in [-0.15, -0.1) is 0 Å². The van der Waals surface area contributed by atoms with Gasteiger partial charge < -0.3 is 10.2 Å². The molecule has 25 heavy (non-hydrogen) atoms. The Bertz CT molecular complexity index is 879. The Labute approximate surface area is 155 Å². The van der Waals surface area contributed by atoms with Crippen molar-refractivity contribution in [3.05, 3.63) is 82.5 Å². The molecule has 1 amide bonds. The quantitative estimate of drug-likeness (QED) is 0.662. The Balaban J connectivity index is 1.74. The first kappa shape index (κ1) is 17.2. The molecule has 3 aromatic rings. The molecule has 3 rings (SSSR count). The Morgan fingerprint density at radius 1 is 1.08 bits per heavy atom. The normalized spacial score (nSPS) is 10.4. The number of aryl methyl sites for hydroxylation is 1. The summed E-state index contributed by atoms with van der Waals surface area (Å²) < 4.78 is 1.04. The number of para-hydroxylation sites is 1. The molecule has 0 bridgehead atoms. The van der Waals surface area contributed by atoms with Gasteiger partial charge in [0.2, 0.25) is 0 Å². The summed E-state index contributed by atoms with van der Waals surface area (Å²) >= 11 is 3.45. The smallest absolute Gasteiger partial charge is 0.259 e. The van der Waals surface area contributed by atoms with Gasteiger partial charge in [-0.05, 0) is 55.0 Å². The average molecular weight is 396 g/mol. The van der Waals surface area contributed by atoms with E-state index in [9.17, 15) is 4.79 Å². The second-order valence-corrected chi connectivity index (χ2v) is 6.63. The summed E-state index contributed by atoms with van der Waals surface area (Å²) in [6.07, 6.45) is 1.60. The largest absolute Gasteiger partial charge is 0.340 e. The van der Waals surface area contributed by atoms with Crippen molar-refractivity contribution in [2.45, 2.75) is 6.92 Å². The minimum atomic E-state index is -0.0925. The molecule has 0 aliphatic rings. The first-order valence-electron chi connectivity index (χ1n) is 7.87. The number of amides is 1. The third-order valence-corrected chi connectivity index (χ3v) is 4.40. The molecule has 0 aliphatic carbocycles. The highest BCUT2D eigenvalue weighted by Crippen LogP contribution is 2.23. The van der Waals surface area contributed by atoms with Crippen LogP contribution in [0.3, 0.4) is 0 Å². The van der Waals surface area contributed by atoms with Crippen LogP contribution >= 0.6 is 15.9 Å². The number of carbonyl (C=O) groups is 1. The highest BCUT2D eigenvalue weighted by Gasteiger charge is 2.13. The molecule has 1 N–H and O–H groups in total. The van der Waals surface area contributed by atoms with Gasteiger partial charge in [-0.25, -0.2) is 4.98 Å². The molecule has 126 valence electrons. The minimum Gasteiger partial charge on any atom is -0.340 e. The molecular weight excluding hydrogens is 378 g/mol. The first-order chi connectivity index (χ1) is 12.0. The molecule has 2 aromatic carbocycles. The van der Waals surface area contributed by atoms with Crippen LogP contribution in [0, 0.1) is 6.92 Å². The lowest BCUT2D eigenvalue weighted by atomic mass is 10.2. The zero-order chi connectivity index (χ0) is 17.8. The molecule has 0 radical (unpaired) electrons. The van der Waals surface area contributed by atoms with E-state index in [1.165, 1.54) is 0 Å². The second-order valence-electron chi connectivity index (χ2n) is 5.72. The van der Waals surface area contributed by atoms with Crippen LogP contribution in [0.5, 0.6) is 0 Å². The maximum absolute atomic E-state index is 12.6. The van der Waals surface area contributed by atoms with Gasteiger partial charge >= 0.3 is 0 Å². The number of anilines is 3. The van der Waals surface area contributed by atoms with Crippen LogP contribution < -0.4 is 10.2 Å². The Hall–Kier alpha value is -2.66. The lowest BCUT2D eigenvalue weighted by Gasteiger charge is -2.17.